The molecule has 2 amide bonds. The zero-order valence-corrected chi connectivity index (χ0v) is 17.8. The fraction of sp³-hybridized carbons (Fsp3) is 0.636. The normalized spacial score (nSPS) is 22.2. The predicted molar refractivity (Wildman–Crippen MR) is 113 cm³/mol. The van der Waals surface area contributed by atoms with Crippen molar-refractivity contribution in [3.63, 3.8) is 0 Å². The van der Waals surface area contributed by atoms with Gasteiger partial charge >= 0.3 is 12.0 Å². The highest BCUT2D eigenvalue weighted by atomic mass is 16.5. The fourth-order valence-corrected chi connectivity index (χ4v) is 4.36. The van der Waals surface area contributed by atoms with Crippen LogP contribution in [0.1, 0.15) is 39.5 Å². The van der Waals surface area contributed by atoms with Crippen molar-refractivity contribution < 1.29 is 14.3 Å². The van der Waals surface area contributed by atoms with Gasteiger partial charge in [-0.05, 0) is 63.7 Å². The lowest BCUT2D eigenvalue weighted by Crippen LogP contribution is -2.46. The number of nitrogens with one attached hydrogen (secondary N) is 1. The lowest BCUT2D eigenvalue weighted by molar-refractivity contribution is -0.147. The Morgan fingerprint density at radius 1 is 1.24 bits per heavy atom. The number of hydrogen-bond donors (Lipinski definition) is 1. The summed E-state index contributed by atoms with van der Waals surface area (Å²) in [7, 11) is 1.43. The molecule has 1 aromatic carbocycles. The summed E-state index contributed by atoms with van der Waals surface area (Å²) in [5, 5.41) is 7.31. The molecule has 0 saturated carbocycles. The van der Waals surface area contributed by atoms with Gasteiger partial charge in [0.2, 0.25) is 0 Å². The van der Waals surface area contributed by atoms with Crippen LogP contribution in [0.15, 0.2) is 30.3 Å². The predicted octanol–water partition coefficient (Wildman–Crippen LogP) is 3.08. The van der Waals surface area contributed by atoms with Gasteiger partial charge in [0.25, 0.3) is 0 Å². The third kappa shape index (κ3) is 4.90. The maximum atomic E-state index is 13.4. The number of urea groups is 1. The van der Waals surface area contributed by atoms with Crippen LogP contribution >= 0.6 is 0 Å². The smallest absolute Gasteiger partial charge is 0.340 e. The number of anilines is 1. The van der Waals surface area contributed by atoms with Crippen molar-refractivity contribution in [1.29, 1.82) is 0 Å². The number of carbonyl (C=O) groups is 2. The molecule has 0 spiro atoms. The van der Waals surface area contributed by atoms with E-state index in [9.17, 15) is 9.59 Å². The highest BCUT2D eigenvalue weighted by Gasteiger charge is 2.43. The molecule has 7 heteroatoms. The maximum absolute atomic E-state index is 13.4. The molecule has 160 valence electrons. The van der Waals surface area contributed by atoms with Crippen molar-refractivity contribution >= 4 is 17.7 Å². The van der Waals surface area contributed by atoms with Crippen molar-refractivity contribution in [2.75, 3.05) is 38.2 Å². The first-order valence-corrected chi connectivity index (χ1v) is 10.8. The number of amides is 2. The van der Waals surface area contributed by atoms with Gasteiger partial charge in [-0.25, -0.2) is 4.79 Å². The number of para-hydroxylation sites is 1. The molecule has 1 aromatic rings. The van der Waals surface area contributed by atoms with Gasteiger partial charge in [-0.3, -0.25) is 14.7 Å². The molecule has 2 saturated heterocycles. The van der Waals surface area contributed by atoms with Gasteiger partial charge in [0.15, 0.2) is 0 Å². The third-order valence-corrected chi connectivity index (χ3v) is 6.22. The first-order chi connectivity index (χ1) is 14.1. The minimum absolute atomic E-state index is 0.0163. The van der Waals surface area contributed by atoms with Crippen LogP contribution in [0.25, 0.3) is 0 Å². The van der Waals surface area contributed by atoms with Gasteiger partial charge in [0.1, 0.15) is 6.17 Å². The molecule has 0 aromatic heterocycles. The number of hydrazine groups is 1. The number of ether oxygens (including phenoxy) is 1. The first kappa shape index (κ1) is 21.6. The summed E-state index contributed by atoms with van der Waals surface area (Å²) in [5.74, 6) is 0.158. The summed E-state index contributed by atoms with van der Waals surface area (Å²) in [6, 6.07) is 9.74. The molecule has 2 aliphatic heterocycles. The Morgan fingerprint density at radius 3 is 2.55 bits per heavy atom. The summed E-state index contributed by atoms with van der Waals surface area (Å²) in [6.45, 7) is 7.27. The van der Waals surface area contributed by atoms with Crippen molar-refractivity contribution in [2.45, 2.75) is 45.7 Å². The SMILES string of the molecule is CCC(CN1C(C)N(c2ccccc2)C(=O)N1CCC1CCNCC1)C(=O)OC. The van der Waals surface area contributed by atoms with Crippen molar-refractivity contribution in [1.82, 2.24) is 15.3 Å². The number of esters is 1. The Morgan fingerprint density at radius 2 is 1.93 bits per heavy atom. The van der Waals surface area contributed by atoms with Gasteiger partial charge < -0.3 is 10.1 Å². The molecule has 7 nitrogen and oxygen atoms in total. The summed E-state index contributed by atoms with van der Waals surface area (Å²) < 4.78 is 4.99. The molecular weight excluding hydrogens is 368 g/mol. The Labute approximate surface area is 173 Å². The van der Waals surface area contributed by atoms with Crippen LogP contribution in [0.2, 0.25) is 0 Å². The number of benzene rings is 1. The number of nitrogens with zero attached hydrogens (tertiary/aromatic N) is 3. The molecule has 2 aliphatic rings. The van der Waals surface area contributed by atoms with E-state index in [-0.39, 0.29) is 24.1 Å². The standard InChI is InChI=1S/C22H34N4O3/c1-4-19(21(27)29-3)16-25-17(2)26(20-8-6-5-7-9-20)22(28)24(25)15-12-18-10-13-23-14-11-18/h5-9,17-19,23H,4,10-16H2,1-3H3. The fourth-order valence-electron chi connectivity index (χ4n) is 4.36. The highest BCUT2D eigenvalue weighted by Crippen LogP contribution is 2.30. The largest absolute Gasteiger partial charge is 0.469 e. The van der Waals surface area contributed by atoms with E-state index in [0.29, 0.717) is 25.4 Å². The minimum atomic E-state index is -0.257. The molecular formula is C22H34N4O3. The van der Waals surface area contributed by atoms with Gasteiger partial charge in [-0.1, -0.05) is 25.1 Å². The topological polar surface area (TPSA) is 65.1 Å². The Kier molecular flexibility index (Phi) is 7.50. The summed E-state index contributed by atoms with van der Waals surface area (Å²) in [4.78, 5) is 27.4. The Balaban J connectivity index is 1.79. The van der Waals surface area contributed by atoms with Crippen molar-refractivity contribution in [2.24, 2.45) is 11.8 Å². The highest BCUT2D eigenvalue weighted by molar-refractivity contribution is 5.94. The van der Waals surface area contributed by atoms with Crippen LogP contribution < -0.4 is 10.2 Å². The molecule has 0 aliphatic carbocycles. The van der Waals surface area contributed by atoms with Crippen molar-refractivity contribution in [3.05, 3.63) is 30.3 Å². The van der Waals surface area contributed by atoms with E-state index >= 15 is 0 Å². The van der Waals surface area contributed by atoms with Crippen LogP contribution in [0.3, 0.4) is 0 Å². The van der Waals surface area contributed by atoms with E-state index in [1.54, 1.807) is 0 Å². The minimum Gasteiger partial charge on any atom is -0.469 e. The molecule has 3 rings (SSSR count). The number of hydrogen-bond acceptors (Lipinski definition) is 5. The van der Waals surface area contributed by atoms with Gasteiger partial charge in [0.05, 0.1) is 13.0 Å². The van der Waals surface area contributed by atoms with E-state index < -0.39 is 0 Å². The number of piperidine rings is 1. The van der Waals surface area contributed by atoms with E-state index in [1.807, 2.05) is 54.1 Å². The summed E-state index contributed by atoms with van der Waals surface area (Å²) >= 11 is 0. The van der Waals surface area contributed by atoms with Gasteiger partial charge in [-0.15, -0.1) is 0 Å². The molecule has 2 fully saturated rings. The molecule has 2 heterocycles. The molecule has 1 N–H and O–H groups in total. The Bertz CT molecular complexity index is 678. The van der Waals surface area contributed by atoms with Gasteiger partial charge in [-0.2, -0.15) is 5.01 Å². The number of rotatable bonds is 8. The maximum Gasteiger partial charge on any atom is 0.340 e. The second-order valence-electron chi connectivity index (χ2n) is 7.98. The van der Waals surface area contributed by atoms with Crippen LogP contribution in [-0.4, -0.2) is 61.5 Å². The molecule has 29 heavy (non-hydrogen) atoms. The quantitative estimate of drug-likeness (QED) is 0.677. The van der Waals surface area contributed by atoms with Crippen LogP contribution in [0.4, 0.5) is 10.5 Å². The average molecular weight is 403 g/mol. The molecule has 2 unspecified atom stereocenters. The second-order valence-corrected chi connectivity index (χ2v) is 7.98. The van der Waals surface area contributed by atoms with E-state index in [0.717, 1.165) is 38.0 Å². The molecule has 0 radical (unpaired) electrons. The van der Waals surface area contributed by atoms with Crippen LogP contribution in [-0.2, 0) is 9.53 Å². The van der Waals surface area contributed by atoms with E-state index in [1.165, 1.54) is 7.11 Å². The monoisotopic (exact) mass is 402 g/mol. The Hall–Kier alpha value is -2.12. The lowest BCUT2D eigenvalue weighted by atomic mass is 9.95. The van der Waals surface area contributed by atoms with E-state index in [2.05, 4.69) is 10.3 Å². The zero-order valence-electron chi connectivity index (χ0n) is 17.8. The lowest BCUT2D eigenvalue weighted by Gasteiger charge is -2.33. The van der Waals surface area contributed by atoms with Crippen molar-refractivity contribution in [3.8, 4) is 0 Å². The third-order valence-electron chi connectivity index (χ3n) is 6.22. The summed E-state index contributed by atoms with van der Waals surface area (Å²) in [6.07, 6.45) is 3.81. The second kappa shape index (κ2) is 10.1. The number of methoxy groups -OCH3 is 1. The zero-order chi connectivity index (χ0) is 20.8. The van der Waals surface area contributed by atoms with Crippen LogP contribution in [0, 0.1) is 11.8 Å². The van der Waals surface area contributed by atoms with Crippen LogP contribution in [0.5, 0.6) is 0 Å². The average Bonchev–Trinajstić information content (AvgIpc) is 3.00. The molecule has 2 atom stereocenters. The first-order valence-electron chi connectivity index (χ1n) is 10.8. The summed E-state index contributed by atoms with van der Waals surface area (Å²) in [5.41, 5.74) is 0.880. The van der Waals surface area contributed by atoms with Gasteiger partial charge in [0, 0.05) is 18.8 Å². The van der Waals surface area contributed by atoms with E-state index in [4.69, 9.17) is 4.74 Å². The molecule has 0 bridgehead atoms. The number of carbonyl (C=O) groups excluding carboxylic acids is 2.